The molecule has 34 heavy (non-hydrogen) atoms. The Bertz CT molecular complexity index is 1330. The summed E-state index contributed by atoms with van der Waals surface area (Å²) in [7, 11) is 0. The molecule has 1 saturated heterocycles. The van der Waals surface area contributed by atoms with Crippen molar-refractivity contribution in [3.8, 4) is 11.3 Å². The number of hydrogen-bond donors (Lipinski definition) is 0. The summed E-state index contributed by atoms with van der Waals surface area (Å²) in [5, 5.41) is 0. The third-order valence-electron chi connectivity index (χ3n) is 6.48. The second-order valence-electron chi connectivity index (χ2n) is 8.89. The van der Waals surface area contributed by atoms with Crippen molar-refractivity contribution in [3.05, 3.63) is 95.3 Å². The molecule has 0 bridgehead atoms. The lowest BCUT2D eigenvalue weighted by Gasteiger charge is -2.35. The van der Waals surface area contributed by atoms with Crippen molar-refractivity contribution < 1.29 is 9.59 Å². The lowest BCUT2D eigenvalue weighted by molar-refractivity contribution is -0.131. The smallest absolute Gasteiger partial charge is 0.255 e. The molecule has 4 aromatic rings. The molecule has 5 rings (SSSR count). The van der Waals surface area contributed by atoms with E-state index in [1.807, 2.05) is 88.8 Å². The molecule has 1 aliphatic rings. The Morgan fingerprint density at radius 3 is 2.21 bits per heavy atom. The summed E-state index contributed by atoms with van der Waals surface area (Å²) in [4.78, 5) is 34.4. The zero-order valence-corrected chi connectivity index (χ0v) is 19.6. The Hall–Kier alpha value is -3.93. The first-order chi connectivity index (χ1) is 16.5. The van der Waals surface area contributed by atoms with E-state index in [0.29, 0.717) is 38.2 Å². The van der Waals surface area contributed by atoms with E-state index in [4.69, 9.17) is 0 Å². The Labute approximate surface area is 199 Å². The minimum atomic E-state index is -0.0158. The van der Waals surface area contributed by atoms with Crippen molar-refractivity contribution >= 4 is 17.5 Å². The predicted octanol–water partition coefficient (Wildman–Crippen LogP) is 4.15. The highest BCUT2D eigenvalue weighted by molar-refractivity contribution is 5.94. The fourth-order valence-corrected chi connectivity index (χ4v) is 4.57. The van der Waals surface area contributed by atoms with Gasteiger partial charge in [-0.25, -0.2) is 4.98 Å². The summed E-state index contributed by atoms with van der Waals surface area (Å²) >= 11 is 0. The van der Waals surface area contributed by atoms with Crippen LogP contribution < -0.4 is 0 Å². The van der Waals surface area contributed by atoms with E-state index in [1.54, 1.807) is 0 Å². The van der Waals surface area contributed by atoms with Crippen LogP contribution in [-0.2, 0) is 11.2 Å². The number of carbonyl (C=O) groups is 2. The molecule has 3 heterocycles. The number of benzene rings is 2. The van der Waals surface area contributed by atoms with Crippen molar-refractivity contribution in [1.29, 1.82) is 0 Å². The van der Waals surface area contributed by atoms with Crippen LogP contribution in [0.1, 0.15) is 27.2 Å². The van der Waals surface area contributed by atoms with E-state index in [9.17, 15) is 9.59 Å². The van der Waals surface area contributed by atoms with E-state index in [1.165, 1.54) is 5.56 Å². The van der Waals surface area contributed by atoms with Crippen molar-refractivity contribution in [2.75, 3.05) is 26.2 Å². The average molecular weight is 453 g/mol. The van der Waals surface area contributed by atoms with Crippen LogP contribution in [0.5, 0.6) is 0 Å². The molecule has 0 aliphatic carbocycles. The standard InChI is InChI=1S/C28H28N4O2/c1-20-8-10-22(11-9-20)18-26(33)30-14-16-31(17-15-30)28(34)24-12-13-25-29-21(2)27(32(25)19-24)23-6-4-3-5-7-23/h3-13,19H,14-18H2,1-2H3. The van der Waals surface area contributed by atoms with Gasteiger partial charge >= 0.3 is 0 Å². The quantitative estimate of drug-likeness (QED) is 0.468. The highest BCUT2D eigenvalue weighted by atomic mass is 16.2. The molecule has 6 nitrogen and oxygen atoms in total. The van der Waals surface area contributed by atoms with Crippen LogP contribution in [0.15, 0.2) is 72.9 Å². The summed E-state index contributed by atoms with van der Waals surface area (Å²) in [5.41, 5.74) is 6.64. The van der Waals surface area contributed by atoms with E-state index in [-0.39, 0.29) is 11.8 Å². The molecule has 0 radical (unpaired) electrons. The molecule has 1 fully saturated rings. The second-order valence-corrected chi connectivity index (χ2v) is 8.89. The monoisotopic (exact) mass is 452 g/mol. The number of pyridine rings is 1. The third-order valence-corrected chi connectivity index (χ3v) is 6.48. The van der Waals surface area contributed by atoms with Gasteiger partial charge in [0.1, 0.15) is 5.65 Å². The van der Waals surface area contributed by atoms with Crippen LogP contribution in [0.4, 0.5) is 0 Å². The SMILES string of the molecule is Cc1ccc(CC(=O)N2CCN(C(=O)c3ccc4nc(C)c(-c5ccccc5)n4c3)CC2)cc1. The van der Waals surface area contributed by atoms with Crippen LogP contribution in [0, 0.1) is 13.8 Å². The zero-order chi connectivity index (χ0) is 23.7. The average Bonchev–Trinajstić information content (AvgIpc) is 3.20. The number of hydrogen-bond acceptors (Lipinski definition) is 3. The summed E-state index contributed by atoms with van der Waals surface area (Å²) in [6.07, 6.45) is 2.28. The van der Waals surface area contributed by atoms with E-state index in [0.717, 1.165) is 28.2 Å². The normalized spacial score (nSPS) is 13.9. The van der Waals surface area contributed by atoms with Gasteiger partial charge in [0.05, 0.1) is 23.4 Å². The van der Waals surface area contributed by atoms with Crippen LogP contribution in [-0.4, -0.2) is 57.2 Å². The van der Waals surface area contributed by atoms with Gasteiger partial charge in [0.2, 0.25) is 5.91 Å². The summed E-state index contributed by atoms with van der Waals surface area (Å²) in [5.74, 6) is 0.0941. The molecule has 1 aliphatic heterocycles. The van der Waals surface area contributed by atoms with Gasteiger partial charge in [0, 0.05) is 37.9 Å². The van der Waals surface area contributed by atoms with Crippen LogP contribution >= 0.6 is 0 Å². The first-order valence-corrected chi connectivity index (χ1v) is 11.7. The minimum absolute atomic E-state index is 0.0158. The van der Waals surface area contributed by atoms with E-state index < -0.39 is 0 Å². The number of piperazine rings is 1. The number of carbonyl (C=O) groups excluding carboxylic acids is 2. The third kappa shape index (κ3) is 4.31. The lowest BCUT2D eigenvalue weighted by Crippen LogP contribution is -2.51. The number of fused-ring (bicyclic) bond motifs is 1. The maximum Gasteiger partial charge on any atom is 0.255 e. The lowest BCUT2D eigenvalue weighted by atomic mass is 10.1. The molecule has 2 aromatic heterocycles. The molecule has 0 atom stereocenters. The Kier molecular flexibility index (Phi) is 5.88. The Morgan fingerprint density at radius 2 is 1.50 bits per heavy atom. The van der Waals surface area contributed by atoms with Gasteiger partial charge in [-0.3, -0.25) is 14.0 Å². The molecule has 6 heteroatoms. The van der Waals surface area contributed by atoms with Gasteiger partial charge in [-0.2, -0.15) is 0 Å². The topological polar surface area (TPSA) is 57.9 Å². The maximum absolute atomic E-state index is 13.3. The van der Waals surface area contributed by atoms with Crippen molar-refractivity contribution in [2.45, 2.75) is 20.3 Å². The fourth-order valence-electron chi connectivity index (χ4n) is 4.57. The van der Waals surface area contributed by atoms with Crippen LogP contribution in [0.2, 0.25) is 0 Å². The first kappa shape index (κ1) is 21.9. The van der Waals surface area contributed by atoms with Crippen molar-refractivity contribution in [3.63, 3.8) is 0 Å². The van der Waals surface area contributed by atoms with Gasteiger partial charge in [-0.1, -0.05) is 60.2 Å². The van der Waals surface area contributed by atoms with Gasteiger partial charge in [0.15, 0.2) is 0 Å². The van der Waals surface area contributed by atoms with Crippen LogP contribution in [0.3, 0.4) is 0 Å². The molecule has 2 amide bonds. The van der Waals surface area contributed by atoms with Gasteiger partial charge < -0.3 is 9.80 Å². The summed E-state index contributed by atoms with van der Waals surface area (Å²) < 4.78 is 2.00. The minimum Gasteiger partial charge on any atom is -0.339 e. The molecular formula is C28H28N4O2. The maximum atomic E-state index is 13.3. The Balaban J connectivity index is 1.28. The Morgan fingerprint density at radius 1 is 0.824 bits per heavy atom. The van der Waals surface area contributed by atoms with Crippen LogP contribution in [0.25, 0.3) is 16.9 Å². The molecule has 0 N–H and O–H groups in total. The summed E-state index contributed by atoms with van der Waals surface area (Å²) in [6.45, 7) is 6.20. The summed E-state index contributed by atoms with van der Waals surface area (Å²) in [6, 6.07) is 21.9. The van der Waals surface area contributed by atoms with Gasteiger partial charge in [-0.15, -0.1) is 0 Å². The van der Waals surface area contributed by atoms with Crippen molar-refractivity contribution in [1.82, 2.24) is 19.2 Å². The molecule has 172 valence electrons. The number of aromatic nitrogens is 2. The molecule has 2 aromatic carbocycles. The first-order valence-electron chi connectivity index (χ1n) is 11.7. The number of nitrogens with zero attached hydrogens (tertiary/aromatic N) is 4. The van der Waals surface area contributed by atoms with E-state index >= 15 is 0 Å². The highest BCUT2D eigenvalue weighted by Gasteiger charge is 2.25. The highest BCUT2D eigenvalue weighted by Crippen LogP contribution is 2.25. The zero-order valence-electron chi connectivity index (χ0n) is 19.6. The van der Waals surface area contributed by atoms with E-state index in [2.05, 4.69) is 17.1 Å². The number of rotatable bonds is 4. The van der Waals surface area contributed by atoms with Gasteiger partial charge in [0.25, 0.3) is 5.91 Å². The second kappa shape index (κ2) is 9.14. The fraction of sp³-hybridized carbons (Fsp3) is 0.250. The molecule has 0 unspecified atom stereocenters. The largest absolute Gasteiger partial charge is 0.339 e. The van der Waals surface area contributed by atoms with Crippen molar-refractivity contribution in [2.24, 2.45) is 0 Å². The van der Waals surface area contributed by atoms with Gasteiger partial charge in [-0.05, 0) is 31.5 Å². The molecule has 0 saturated carbocycles. The molecular weight excluding hydrogens is 424 g/mol. The predicted molar refractivity (Wildman–Crippen MR) is 133 cm³/mol. The molecule has 0 spiro atoms. The number of imidazole rings is 1. The number of amides is 2. The number of aryl methyl sites for hydroxylation is 2.